The van der Waals surface area contributed by atoms with E-state index in [1.807, 2.05) is 29.2 Å². The lowest BCUT2D eigenvalue weighted by Gasteiger charge is -2.39. The number of amides is 1. The van der Waals surface area contributed by atoms with Gasteiger partial charge in [0.1, 0.15) is 4.88 Å². The van der Waals surface area contributed by atoms with Crippen molar-refractivity contribution in [2.75, 3.05) is 13.2 Å². The van der Waals surface area contributed by atoms with Crippen LogP contribution in [-0.2, 0) is 9.53 Å². The molecule has 27 heavy (non-hydrogen) atoms. The van der Waals surface area contributed by atoms with E-state index in [0.29, 0.717) is 9.90 Å². The molecule has 1 amide bonds. The van der Waals surface area contributed by atoms with Gasteiger partial charge in [0.05, 0.1) is 5.02 Å². The Balaban J connectivity index is 1.43. The molecule has 144 valence electrons. The van der Waals surface area contributed by atoms with E-state index >= 15 is 0 Å². The fourth-order valence-corrected chi connectivity index (χ4v) is 6.57. The zero-order valence-corrected chi connectivity index (χ0v) is 17.5. The summed E-state index contributed by atoms with van der Waals surface area (Å²) in [6.07, 6.45) is 3.17. The summed E-state index contributed by atoms with van der Waals surface area (Å²) in [5, 5.41) is 1.24. The maximum absolute atomic E-state index is 12.8. The van der Waals surface area contributed by atoms with Crippen molar-refractivity contribution in [1.82, 2.24) is 4.90 Å². The average molecular weight is 406 g/mol. The molecule has 1 saturated carbocycles. The molecule has 2 bridgehead atoms. The topological polar surface area (TPSA) is 46.6 Å². The third-order valence-corrected chi connectivity index (χ3v) is 7.44. The molecular formula is C21H24ClNO3S. The van der Waals surface area contributed by atoms with Gasteiger partial charge in [0.15, 0.2) is 6.61 Å². The molecule has 4 nitrogen and oxygen atoms in total. The van der Waals surface area contributed by atoms with E-state index in [1.54, 1.807) is 0 Å². The van der Waals surface area contributed by atoms with Crippen LogP contribution >= 0.6 is 22.9 Å². The minimum Gasteiger partial charge on any atom is -0.451 e. The number of carbonyl (C=O) groups is 2. The molecule has 1 saturated heterocycles. The molecule has 0 radical (unpaired) electrons. The van der Waals surface area contributed by atoms with E-state index in [0.717, 1.165) is 35.9 Å². The maximum Gasteiger partial charge on any atom is 0.350 e. The van der Waals surface area contributed by atoms with Gasteiger partial charge in [0, 0.05) is 22.7 Å². The Bertz CT molecular complexity index is 921. The van der Waals surface area contributed by atoms with E-state index in [1.165, 1.54) is 11.3 Å². The van der Waals surface area contributed by atoms with Gasteiger partial charge in [0.2, 0.25) is 0 Å². The number of thiophene rings is 1. The van der Waals surface area contributed by atoms with E-state index in [2.05, 4.69) is 20.8 Å². The summed E-state index contributed by atoms with van der Waals surface area (Å²) in [4.78, 5) is 27.5. The van der Waals surface area contributed by atoms with Crippen molar-refractivity contribution < 1.29 is 14.3 Å². The maximum atomic E-state index is 12.8. The highest BCUT2D eigenvalue weighted by molar-refractivity contribution is 7.21. The summed E-state index contributed by atoms with van der Waals surface area (Å²) < 4.78 is 6.28. The summed E-state index contributed by atoms with van der Waals surface area (Å²) in [6.45, 7) is 7.33. The predicted octanol–water partition coefficient (Wildman–Crippen LogP) is 5.14. The number of ether oxygens (including phenoxy) is 1. The SMILES string of the molecule is CC1(C)CC2CC(C)(CN2C(=O)COC(=O)c2sc3ccccc3c2Cl)C1. The largest absolute Gasteiger partial charge is 0.451 e. The molecule has 2 aliphatic rings. The summed E-state index contributed by atoms with van der Waals surface area (Å²) >= 11 is 7.63. The van der Waals surface area contributed by atoms with Gasteiger partial charge in [-0.25, -0.2) is 4.79 Å². The smallest absolute Gasteiger partial charge is 0.350 e. The van der Waals surface area contributed by atoms with Crippen LogP contribution in [0, 0.1) is 10.8 Å². The van der Waals surface area contributed by atoms with Crippen molar-refractivity contribution in [1.29, 1.82) is 0 Å². The van der Waals surface area contributed by atoms with Crippen LogP contribution in [0.25, 0.3) is 10.1 Å². The number of halogens is 1. The number of hydrogen-bond acceptors (Lipinski definition) is 4. The number of likely N-dealkylation sites (tertiary alicyclic amines) is 1. The number of esters is 1. The highest BCUT2D eigenvalue weighted by atomic mass is 35.5. The van der Waals surface area contributed by atoms with Crippen LogP contribution in [0.5, 0.6) is 0 Å². The quantitative estimate of drug-likeness (QED) is 0.664. The van der Waals surface area contributed by atoms with Crippen molar-refractivity contribution in [3.8, 4) is 0 Å². The second-order valence-corrected chi connectivity index (χ2v) is 10.5. The van der Waals surface area contributed by atoms with Crippen LogP contribution in [0.1, 0.15) is 49.7 Å². The second kappa shape index (κ2) is 6.49. The number of nitrogens with zero attached hydrogens (tertiary/aromatic N) is 1. The molecule has 2 fully saturated rings. The van der Waals surface area contributed by atoms with Gasteiger partial charge in [-0.15, -0.1) is 11.3 Å². The van der Waals surface area contributed by atoms with Crippen molar-refractivity contribution >= 4 is 44.9 Å². The number of fused-ring (bicyclic) bond motifs is 3. The second-order valence-electron chi connectivity index (χ2n) is 9.05. The number of carbonyl (C=O) groups excluding carboxylic acids is 2. The molecule has 0 N–H and O–H groups in total. The highest BCUT2D eigenvalue weighted by Crippen LogP contribution is 2.52. The first kappa shape index (κ1) is 18.8. The molecule has 2 unspecified atom stereocenters. The number of hydrogen-bond donors (Lipinski definition) is 0. The summed E-state index contributed by atoms with van der Waals surface area (Å²) in [5.41, 5.74) is 0.412. The molecule has 2 heterocycles. The van der Waals surface area contributed by atoms with Crippen LogP contribution < -0.4 is 0 Å². The summed E-state index contributed by atoms with van der Waals surface area (Å²) in [7, 11) is 0. The van der Waals surface area contributed by atoms with Gasteiger partial charge in [-0.2, -0.15) is 0 Å². The Kier molecular flexibility index (Phi) is 4.51. The van der Waals surface area contributed by atoms with Gasteiger partial charge in [-0.05, 0) is 36.2 Å². The van der Waals surface area contributed by atoms with Crippen molar-refractivity contribution in [2.45, 2.75) is 46.1 Å². The Morgan fingerprint density at radius 3 is 2.74 bits per heavy atom. The van der Waals surface area contributed by atoms with Crippen LogP contribution in [0.15, 0.2) is 24.3 Å². The average Bonchev–Trinajstić information content (AvgIpc) is 3.05. The van der Waals surface area contributed by atoms with Gasteiger partial charge in [-0.3, -0.25) is 4.79 Å². The summed E-state index contributed by atoms with van der Waals surface area (Å²) in [6, 6.07) is 7.83. The van der Waals surface area contributed by atoms with Crippen LogP contribution in [-0.4, -0.2) is 36.0 Å². The molecule has 2 aromatic rings. The normalized spacial score (nSPS) is 26.4. The standard InChI is InChI=1S/C21H24ClNO3S/c1-20(2)8-13-9-21(3,11-20)12-23(13)16(24)10-26-19(25)18-17(22)14-6-4-5-7-15(14)27-18/h4-7,13H,8-12H2,1-3H3. The molecule has 2 atom stereocenters. The van der Waals surface area contributed by atoms with E-state index in [9.17, 15) is 9.59 Å². The van der Waals surface area contributed by atoms with Gasteiger partial charge < -0.3 is 9.64 Å². The van der Waals surface area contributed by atoms with Crippen molar-refractivity contribution in [3.05, 3.63) is 34.2 Å². The monoisotopic (exact) mass is 405 g/mol. The lowest BCUT2D eigenvalue weighted by molar-refractivity contribution is -0.135. The van der Waals surface area contributed by atoms with Crippen molar-refractivity contribution in [2.24, 2.45) is 10.8 Å². The van der Waals surface area contributed by atoms with Crippen LogP contribution in [0.4, 0.5) is 0 Å². The fourth-order valence-electron chi connectivity index (χ4n) is 5.17. The van der Waals surface area contributed by atoms with Crippen LogP contribution in [0.3, 0.4) is 0 Å². The van der Waals surface area contributed by atoms with E-state index < -0.39 is 5.97 Å². The van der Waals surface area contributed by atoms with Crippen LogP contribution in [0.2, 0.25) is 5.02 Å². The third-order valence-electron chi connectivity index (χ3n) is 5.78. The fraction of sp³-hybridized carbons (Fsp3) is 0.524. The third kappa shape index (κ3) is 3.47. The summed E-state index contributed by atoms with van der Waals surface area (Å²) in [5.74, 6) is -0.629. The zero-order chi connectivity index (χ0) is 19.4. The number of benzene rings is 1. The molecule has 1 aliphatic carbocycles. The molecule has 1 aliphatic heterocycles. The first-order chi connectivity index (χ1) is 12.7. The first-order valence-corrected chi connectivity index (χ1v) is 10.5. The van der Waals surface area contributed by atoms with E-state index in [4.69, 9.17) is 16.3 Å². The minimum absolute atomic E-state index is 0.105. The molecule has 1 aromatic carbocycles. The van der Waals surface area contributed by atoms with Crippen molar-refractivity contribution in [3.63, 3.8) is 0 Å². The van der Waals surface area contributed by atoms with Gasteiger partial charge in [0.25, 0.3) is 5.91 Å². The molecule has 0 spiro atoms. The van der Waals surface area contributed by atoms with Gasteiger partial charge >= 0.3 is 5.97 Å². The Morgan fingerprint density at radius 1 is 1.26 bits per heavy atom. The lowest BCUT2D eigenvalue weighted by Crippen LogP contribution is -2.39. The molecule has 4 rings (SSSR count). The zero-order valence-electron chi connectivity index (χ0n) is 15.9. The molecule has 6 heteroatoms. The van der Waals surface area contributed by atoms with Gasteiger partial charge in [-0.1, -0.05) is 50.6 Å². The predicted molar refractivity (Wildman–Crippen MR) is 108 cm³/mol. The Hall–Kier alpha value is -1.59. The Labute approximate surface area is 168 Å². The molecule has 1 aromatic heterocycles. The lowest BCUT2D eigenvalue weighted by atomic mass is 9.65. The molecular weight excluding hydrogens is 382 g/mol. The number of rotatable bonds is 3. The minimum atomic E-state index is -0.525. The van der Waals surface area contributed by atoms with E-state index in [-0.39, 0.29) is 29.4 Å². The highest BCUT2D eigenvalue weighted by Gasteiger charge is 2.50. The Morgan fingerprint density at radius 2 is 2.00 bits per heavy atom. The first-order valence-electron chi connectivity index (χ1n) is 9.31.